The molecule has 0 saturated heterocycles. The van der Waals surface area contributed by atoms with Gasteiger partial charge in [-0.2, -0.15) is 5.10 Å². The minimum Gasteiger partial charge on any atom is -0.346 e. The van der Waals surface area contributed by atoms with Crippen LogP contribution in [0.5, 0.6) is 0 Å². The van der Waals surface area contributed by atoms with Crippen molar-refractivity contribution in [1.29, 1.82) is 0 Å². The van der Waals surface area contributed by atoms with Crippen molar-refractivity contribution in [1.82, 2.24) is 29.6 Å². The van der Waals surface area contributed by atoms with Gasteiger partial charge in [0.15, 0.2) is 0 Å². The second-order valence-corrected chi connectivity index (χ2v) is 7.08. The molecule has 0 spiro atoms. The number of nitrogens with zero attached hydrogens (tertiary/aromatic N) is 5. The lowest BCUT2D eigenvalue weighted by Gasteiger charge is -2.15. The maximum Gasteiger partial charge on any atom is 0.272 e. The SMILES string of the molecule is CCn1c(=O)c(C)nc2cc(C(=O)NC(C)c3ccc(-n4cncn4)cc3)ccc21. The molecule has 4 aromatic rings. The first-order valence-electron chi connectivity index (χ1n) is 9.75. The first-order valence-corrected chi connectivity index (χ1v) is 9.75. The summed E-state index contributed by atoms with van der Waals surface area (Å²) in [6, 6.07) is 12.8. The Labute approximate surface area is 173 Å². The summed E-state index contributed by atoms with van der Waals surface area (Å²) >= 11 is 0. The van der Waals surface area contributed by atoms with Gasteiger partial charge in [0, 0.05) is 12.1 Å². The summed E-state index contributed by atoms with van der Waals surface area (Å²) in [5.41, 5.74) is 4.04. The highest BCUT2D eigenvalue weighted by atomic mass is 16.1. The van der Waals surface area contributed by atoms with Gasteiger partial charge in [-0.1, -0.05) is 12.1 Å². The molecule has 30 heavy (non-hydrogen) atoms. The van der Waals surface area contributed by atoms with Gasteiger partial charge in [0.25, 0.3) is 11.5 Å². The third-order valence-electron chi connectivity index (χ3n) is 5.11. The fourth-order valence-corrected chi connectivity index (χ4v) is 3.45. The molecule has 0 bridgehead atoms. The topological polar surface area (TPSA) is 94.7 Å². The summed E-state index contributed by atoms with van der Waals surface area (Å²) < 4.78 is 3.34. The van der Waals surface area contributed by atoms with Gasteiger partial charge in [0.2, 0.25) is 0 Å². The number of carbonyl (C=O) groups is 1. The number of hydrogen-bond acceptors (Lipinski definition) is 5. The molecule has 0 aliphatic heterocycles. The molecule has 0 radical (unpaired) electrons. The third-order valence-corrected chi connectivity index (χ3v) is 5.11. The van der Waals surface area contributed by atoms with Crippen LogP contribution in [0.25, 0.3) is 16.7 Å². The minimum atomic E-state index is -0.196. The van der Waals surface area contributed by atoms with Crippen molar-refractivity contribution in [2.45, 2.75) is 33.4 Å². The highest BCUT2D eigenvalue weighted by molar-refractivity contribution is 5.97. The zero-order chi connectivity index (χ0) is 21.3. The first kappa shape index (κ1) is 19.5. The smallest absolute Gasteiger partial charge is 0.272 e. The zero-order valence-electron chi connectivity index (χ0n) is 17.0. The predicted octanol–water partition coefficient (Wildman–Crippen LogP) is 2.80. The molecule has 0 saturated carbocycles. The first-order chi connectivity index (χ1) is 14.5. The van der Waals surface area contributed by atoms with Crippen molar-refractivity contribution in [2.24, 2.45) is 0 Å². The van der Waals surface area contributed by atoms with E-state index in [2.05, 4.69) is 20.4 Å². The molecule has 0 aliphatic rings. The Morgan fingerprint density at radius 3 is 2.60 bits per heavy atom. The van der Waals surface area contributed by atoms with Crippen LogP contribution in [0, 0.1) is 6.92 Å². The van der Waals surface area contributed by atoms with Gasteiger partial charge in [-0.3, -0.25) is 9.59 Å². The van der Waals surface area contributed by atoms with Crippen molar-refractivity contribution in [3.05, 3.63) is 82.3 Å². The van der Waals surface area contributed by atoms with E-state index >= 15 is 0 Å². The van der Waals surface area contributed by atoms with Crippen LogP contribution in [0.15, 0.2) is 59.9 Å². The molecular formula is C22H22N6O2. The molecule has 4 rings (SSSR count). The molecule has 2 heterocycles. The molecule has 1 amide bonds. The van der Waals surface area contributed by atoms with E-state index in [1.165, 1.54) is 6.33 Å². The van der Waals surface area contributed by atoms with Crippen LogP contribution in [0.1, 0.15) is 41.5 Å². The van der Waals surface area contributed by atoms with E-state index in [9.17, 15) is 9.59 Å². The summed E-state index contributed by atoms with van der Waals surface area (Å²) in [6.45, 7) is 6.08. The van der Waals surface area contributed by atoms with Crippen molar-refractivity contribution in [3.8, 4) is 5.69 Å². The van der Waals surface area contributed by atoms with Gasteiger partial charge in [0.05, 0.1) is 22.8 Å². The minimum absolute atomic E-state index is 0.106. The molecule has 1 atom stereocenters. The van der Waals surface area contributed by atoms with E-state index in [-0.39, 0.29) is 17.5 Å². The predicted molar refractivity (Wildman–Crippen MR) is 114 cm³/mol. The van der Waals surface area contributed by atoms with Crippen LogP contribution in [-0.4, -0.2) is 30.2 Å². The average molecular weight is 402 g/mol. The second kappa shape index (κ2) is 7.90. The number of benzene rings is 2. The van der Waals surface area contributed by atoms with E-state index in [0.717, 1.165) is 16.8 Å². The lowest BCUT2D eigenvalue weighted by Crippen LogP contribution is -2.27. The summed E-state index contributed by atoms with van der Waals surface area (Å²) in [4.78, 5) is 33.4. The van der Waals surface area contributed by atoms with Gasteiger partial charge in [-0.05, 0) is 56.7 Å². The standard InChI is InChI=1S/C22H22N6O2/c1-4-27-20-10-7-17(11-19(20)25-15(3)22(27)30)21(29)26-14(2)16-5-8-18(9-6-16)28-13-23-12-24-28/h5-14H,4H2,1-3H3,(H,26,29). The molecule has 152 valence electrons. The molecule has 8 heteroatoms. The summed E-state index contributed by atoms with van der Waals surface area (Å²) in [5.74, 6) is -0.196. The van der Waals surface area contributed by atoms with E-state index in [0.29, 0.717) is 23.3 Å². The lowest BCUT2D eigenvalue weighted by molar-refractivity contribution is 0.0940. The molecule has 1 N–H and O–H groups in total. The monoisotopic (exact) mass is 402 g/mol. The van der Waals surface area contributed by atoms with Crippen LogP contribution in [0.2, 0.25) is 0 Å². The molecule has 2 aromatic carbocycles. The van der Waals surface area contributed by atoms with Crippen LogP contribution in [0.4, 0.5) is 0 Å². The summed E-state index contributed by atoms with van der Waals surface area (Å²) in [7, 11) is 0. The number of aromatic nitrogens is 5. The number of hydrogen-bond donors (Lipinski definition) is 1. The highest BCUT2D eigenvalue weighted by Crippen LogP contribution is 2.18. The fourth-order valence-electron chi connectivity index (χ4n) is 3.45. The summed E-state index contributed by atoms with van der Waals surface area (Å²) in [6.07, 6.45) is 3.12. The molecular weight excluding hydrogens is 380 g/mol. The number of nitrogens with one attached hydrogen (secondary N) is 1. The summed E-state index contributed by atoms with van der Waals surface area (Å²) in [5, 5.41) is 7.12. The van der Waals surface area contributed by atoms with Crippen LogP contribution in [-0.2, 0) is 6.54 Å². The molecule has 8 nitrogen and oxygen atoms in total. The quantitative estimate of drug-likeness (QED) is 0.554. The van der Waals surface area contributed by atoms with E-state index in [4.69, 9.17) is 0 Å². The largest absolute Gasteiger partial charge is 0.346 e. The maximum absolute atomic E-state index is 12.8. The van der Waals surface area contributed by atoms with Crippen molar-refractivity contribution in [3.63, 3.8) is 0 Å². The number of aryl methyl sites for hydroxylation is 2. The Morgan fingerprint density at radius 1 is 1.17 bits per heavy atom. The Bertz CT molecular complexity index is 1260. The van der Waals surface area contributed by atoms with Crippen molar-refractivity contribution < 1.29 is 4.79 Å². The molecule has 0 aliphatic carbocycles. The number of carbonyl (C=O) groups excluding carboxylic acids is 1. The molecule has 0 fully saturated rings. The Balaban J connectivity index is 1.55. The van der Waals surface area contributed by atoms with E-state index in [1.807, 2.05) is 38.1 Å². The van der Waals surface area contributed by atoms with E-state index < -0.39 is 0 Å². The normalized spacial score (nSPS) is 12.1. The maximum atomic E-state index is 12.8. The van der Waals surface area contributed by atoms with E-state index in [1.54, 1.807) is 40.7 Å². The Hall–Kier alpha value is -3.81. The van der Waals surface area contributed by atoms with Gasteiger partial charge in [0.1, 0.15) is 18.3 Å². The average Bonchev–Trinajstić information content (AvgIpc) is 3.29. The molecule has 2 aromatic heterocycles. The third kappa shape index (κ3) is 3.59. The zero-order valence-corrected chi connectivity index (χ0v) is 17.0. The van der Waals surface area contributed by atoms with Gasteiger partial charge >= 0.3 is 0 Å². The second-order valence-electron chi connectivity index (χ2n) is 7.08. The highest BCUT2D eigenvalue weighted by Gasteiger charge is 2.14. The Morgan fingerprint density at radius 2 is 1.93 bits per heavy atom. The van der Waals surface area contributed by atoms with Gasteiger partial charge < -0.3 is 9.88 Å². The fraction of sp³-hybridized carbons (Fsp3) is 0.227. The van der Waals surface area contributed by atoms with Crippen LogP contribution >= 0.6 is 0 Å². The Kier molecular flexibility index (Phi) is 5.14. The van der Waals surface area contributed by atoms with Gasteiger partial charge in [-0.15, -0.1) is 0 Å². The van der Waals surface area contributed by atoms with Crippen LogP contribution < -0.4 is 10.9 Å². The number of amides is 1. The number of rotatable bonds is 5. The van der Waals surface area contributed by atoms with Crippen molar-refractivity contribution in [2.75, 3.05) is 0 Å². The number of fused-ring (bicyclic) bond motifs is 1. The van der Waals surface area contributed by atoms with Crippen molar-refractivity contribution >= 4 is 16.9 Å². The molecule has 1 unspecified atom stereocenters. The van der Waals surface area contributed by atoms with Crippen LogP contribution in [0.3, 0.4) is 0 Å². The lowest BCUT2D eigenvalue weighted by atomic mass is 10.1. The van der Waals surface area contributed by atoms with Gasteiger partial charge in [-0.25, -0.2) is 14.6 Å².